The van der Waals surface area contributed by atoms with E-state index in [1.807, 2.05) is 24.3 Å². The van der Waals surface area contributed by atoms with Gasteiger partial charge in [-0.15, -0.1) is 0 Å². The first-order chi connectivity index (χ1) is 20.5. The van der Waals surface area contributed by atoms with Gasteiger partial charge >= 0.3 is 0 Å². The Labute approximate surface area is 249 Å². The topological polar surface area (TPSA) is 164 Å². The number of ether oxygens (including phenoxy) is 2. The van der Waals surface area contributed by atoms with Crippen LogP contribution in [0.3, 0.4) is 0 Å². The zero-order valence-electron chi connectivity index (χ0n) is 22.4. The summed E-state index contributed by atoms with van der Waals surface area (Å²) in [5.74, 6) is 0.988. The van der Waals surface area contributed by atoms with Gasteiger partial charge in [0, 0.05) is 22.3 Å². The lowest BCUT2D eigenvalue weighted by molar-refractivity contribution is 0.0163. The van der Waals surface area contributed by atoms with Crippen LogP contribution in [0.2, 0.25) is 0 Å². The molecule has 2 aliphatic heterocycles. The van der Waals surface area contributed by atoms with Crippen LogP contribution in [-0.4, -0.2) is 21.4 Å². The van der Waals surface area contributed by atoms with E-state index >= 15 is 0 Å². The van der Waals surface area contributed by atoms with Crippen molar-refractivity contribution in [2.24, 2.45) is 9.98 Å². The van der Waals surface area contributed by atoms with Gasteiger partial charge in [-0.3, -0.25) is 0 Å². The molecule has 0 N–H and O–H groups in total. The quantitative estimate of drug-likeness (QED) is 0.281. The summed E-state index contributed by atoms with van der Waals surface area (Å²) >= 11 is 2.63. The Kier molecular flexibility index (Phi) is 6.28. The molecule has 2 spiro atoms. The van der Waals surface area contributed by atoms with Crippen LogP contribution < -0.4 is 9.47 Å². The standard InChI is InChI=1S/C30H22N8O2S2/c31-13-17(14-32)35-27-37-25-23(41-27)19-12-22-20(11-21(19)29(39-25)7-3-1-4-8-29)24-26(40-30(22)9-5-2-6-10-30)38-28(42-24)36-18(15-33)16-34/h11-12H,1-10H2. The van der Waals surface area contributed by atoms with Gasteiger partial charge in [0.1, 0.15) is 45.2 Å². The molecule has 4 heterocycles. The molecule has 0 atom stereocenters. The van der Waals surface area contributed by atoms with Crippen LogP contribution in [0.15, 0.2) is 22.1 Å². The monoisotopic (exact) mass is 590 g/mol. The molecule has 2 saturated carbocycles. The van der Waals surface area contributed by atoms with Crippen molar-refractivity contribution in [3.8, 4) is 56.9 Å². The van der Waals surface area contributed by atoms with E-state index in [0.29, 0.717) is 22.0 Å². The predicted molar refractivity (Wildman–Crippen MR) is 156 cm³/mol. The molecule has 0 unspecified atom stereocenters. The van der Waals surface area contributed by atoms with Crippen LogP contribution in [-0.2, 0) is 11.2 Å². The van der Waals surface area contributed by atoms with Gasteiger partial charge in [0.05, 0.1) is 0 Å². The van der Waals surface area contributed by atoms with Gasteiger partial charge in [0.25, 0.3) is 0 Å². The minimum absolute atomic E-state index is 0.249. The summed E-state index contributed by atoms with van der Waals surface area (Å²) in [6.07, 6.45) is 9.74. The van der Waals surface area contributed by atoms with Crippen LogP contribution in [0.5, 0.6) is 11.8 Å². The Balaban J connectivity index is 1.47. The van der Waals surface area contributed by atoms with E-state index in [9.17, 15) is 21.0 Å². The number of nitriles is 4. The van der Waals surface area contributed by atoms with E-state index in [2.05, 4.69) is 32.1 Å². The minimum Gasteiger partial charge on any atom is -0.465 e. The average molecular weight is 591 g/mol. The third kappa shape index (κ3) is 4.07. The number of aromatic nitrogens is 2. The molecule has 206 valence electrons. The Morgan fingerprint density at radius 1 is 0.643 bits per heavy atom. The maximum absolute atomic E-state index is 9.26. The predicted octanol–water partition coefficient (Wildman–Crippen LogP) is 7.28. The van der Waals surface area contributed by atoms with E-state index in [4.69, 9.17) is 9.47 Å². The molecule has 0 bridgehead atoms. The van der Waals surface area contributed by atoms with Gasteiger partial charge in [-0.05, 0) is 63.5 Å². The van der Waals surface area contributed by atoms with E-state index in [1.165, 1.54) is 22.7 Å². The Morgan fingerprint density at radius 3 is 1.38 bits per heavy atom. The summed E-state index contributed by atoms with van der Waals surface area (Å²) in [6, 6.07) is 11.7. The normalized spacial score (nSPS) is 18.2. The second-order valence-corrected chi connectivity index (χ2v) is 12.8. The average Bonchev–Trinajstić information content (AvgIpc) is 3.62. The smallest absolute Gasteiger partial charge is 0.235 e. The fourth-order valence-electron chi connectivity index (χ4n) is 6.70. The molecule has 12 heteroatoms. The fourth-order valence-corrected chi connectivity index (χ4v) is 8.51. The van der Waals surface area contributed by atoms with Gasteiger partial charge in [-0.25, -0.2) is 0 Å². The van der Waals surface area contributed by atoms with Gasteiger partial charge in [-0.2, -0.15) is 41.0 Å². The fraction of sp³-hybridized carbons (Fsp3) is 0.400. The molecule has 42 heavy (non-hydrogen) atoms. The molecule has 4 aliphatic rings. The highest BCUT2D eigenvalue weighted by Crippen LogP contribution is 2.60. The summed E-state index contributed by atoms with van der Waals surface area (Å²) in [7, 11) is 0. The lowest BCUT2D eigenvalue weighted by atomic mass is 9.71. The minimum atomic E-state index is -0.559. The molecule has 3 aromatic rings. The van der Waals surface area contributed by atoms with E-state index < -0.39 is 11.2 Å². The SMILES string of the molecule is N#CC(C#N)=Nc1nc2c(s1)-c1cc3c(cc1C1(CCCCC1)O2)-c1sc(N=C(C#N)C#N)nc1OC31CCCCC1. The maximum Gasteiger partial charge on any atom is 0.235 e. The third-order valence-corrected chi connectivity index (χ3v) is 10.5. The zero-order chi connectivity index (χ0) is 28.9. The molecule has 2 fully saturated rings. The van der Waals surface area contributed by atoms with E-state index in [-0.39, 0.29) is 11.4 Å². The summed E-state index contributed by atoms with van der Waals surface area (Å²) in [6.45, 7) is 0. The Hall–Kier alpha value is -4.62. The van der Waals surface area contributed by atoms with E-state index in [0.717, 1.165) is 96.2 Å². The number of nitrogens with zero attached hydrogens (tertiary/aromatic N) is 8. The summed E-state index contributed by atoms with van der Waals surface area (Å²) in [5.41, 5.74) is 2.61. The van der Waals surface area contributed by atoms with Crippen LogP contribution in [0.25, 0.3) is 20.9 Å². The van der Waals surface area contributed by atoms with Crippen molar-refractivity contribution < 1.29 is 9.47 Å². The zero-order valence-corrected chi connectivity index (χ0v) is 24.1. The van der Waals surface area contributed by atoms with E-state index in [1.54, 1.807) is 0 Å². The first-order valence-electron chi connectivity index (χ1n) is 13.9. The van der Waals surface area contributed by atoms with Gasteiger partial charge in [0.2, 0.25) is 33.4 Å². The number of hydrogen-bond acceptors (Lipinski definition) is 12. The third-order valence-electron chi connectivity index (χ3n) is 8.54. The summed E-state index contributed by atoms with van der Waals surface area (Å²) in [5, 5.41) is 37.7. The Morgan fingerprint density at radius 2 is 1.02 bits per heavy atom. The van der Waals surface area contributed by atoms with Crippen molar-refractivity contribution in [3.05, 3.63) is 23.3 Å². The largest absolute Gasteiger partial charge is 0.465 e. The van der Waals surface area contributed by atoms with Crippen molar-refractivity contribution in [1.29, 1.82) is 21.0 Å². The summed E-state index contributed by atoms with van der Waals surface area (Å²) < 4.78 is 13.5. The lowest BCUT2D eigenvalue weighted by Crippen LogP contribution is -2.40. The highest BCUT2D eigenvalue weighted by atomic mass is 32.1. The molecular formula is C30H22N8O2S2. The highest BCUT2D eigenvalue weighted by Gasteiger charge is 2.48. The van der Waals surface area contributed by atoms with Gasteiger partial charge in [-0.1, -0.05) is 35.5 Å². The molecular weight excluding hydrogens is 569 g/mol. The van der Waals surface area contributed by atoms with Crippen molar-refractivity contribution in [1.82, 2.24) is 9.97 Å². The molecule has 0 saturated heterocycles. The second kappa shape index (κ2) is 10.0. The van der Waals surface area contributed by atoms with Crippen LogP contribution in [0.1, 0.15) is 75.3 Å². The second-order valence-electron chi connectivity index (χ2n) is 10.9. The number of aliphatic imine (C=N–C) groups is 2. The molecule has 2 aliphatic carbocycles. The van der Waals surface area contributed by atoms with Crippen LogP contribution in [0.4, 0.5) is 10.3 Å². The van der Waals surface area contributed by atoms with Crippen LogP contribution >= 0.6 is 22.7 Å². The highest BCUT2D eigenvalue weighted by molar-refractivity contribution is 7.19. The number of hydrogen-bond donors (Lipinski definition) is 0. The number of thiazole rings is 2. The van der Waals surface area contributed by atoms with Crippen molar-refractivity contribution >= 4 is 44.4 Å². The first-order valence-corrected chi connectivity index (χ1v) is 15.5. The molecule has 2 aromatic heterocycles. The van der Waals surface area contributed by atoms with Gasteiger partial charge in [0.15, 0.2) is 0 Å². The number of rotatable bonds is 2. The number of benzene rings is 1. The van der Waals surface area contributed by atoms with Crippen molar-refractivity contribution in [3.63, 3.8) is 0 Å². The maximum atomic E-state index is 9.26. The van der Waals surface area contributed by atoms with Crippen molar-refractivity contribution in [2.45, 2.75) is 75.4 Å². The van der Waals surface area contributed by atoms with Gasteiger partial charge < -0.3 is 9.47 Å². The molecule has 0 radical (unpaired) electrons. The number of fused-ring (bicyclic) bond motifs is 8. The van der Waals surface area contributed by atoms with Crippen LogP contribution in [0, 0.1) is 45.3 Å². The molecule has 1 aromatic carbocycles. The summed E-state index contributed by atoms with van der Waals surface area (Å²) in [4.78, 5) is 19.3. The molecule has 0 amide bonds. The van der Waals surface area contributed by atoms with Crippen molar-refractivity contribution in [2.75, 3.05) is 0 Å². The molecule has 10 nitrogen and oxygen atoms in total. The molecule has 7 rings (SSSR count). The lowest BCUT2D eigenvalue weighted by Gasteiger charge is -2.45. The Bertz CT molecular complexity index is 1690. The first kappa shape index (κ1) is 26.3.